The second-order valence-corrected chi connectivity index (χ2v) is 9.59. The standard InChI is InChI=1S/C24H17ClN2O2S2/c1-13-3-10-18-20(11-13)31-24(27-18)14-4-6-15(7-5-14)26-23(28)22-21(25)17-9-8-16(29-2)12-19(17)30-22/h3-12H,1-2H3,(H,26,28). The maximum atomic E-state index is 12.8. The van der Waals surface area contributed by atoms with E-state index in [4.69, 9.17) is 21.3 Å². The maximum Gasteiger partial charge on any atom is 0.267 e. The van der Waals surface area contributed by atoms with Crippen LogP contribution < -0.4 is 10.1 Å². The lowest BCUT2D eigenvalue weighted by Crippen LogP contribution is -2.10. The molecule has 2 aromatic heterocycles. The SMILES string of the molecule is COc1ccc2c(Cl)c(C(=O)Nc3ccc(-c4nc5ccc(C)cc5s4)cc3)sc2c1. The fraction of sp³-hybridized carbons (Fsp3) is 0.0833. The molecule has 0 bridgehead atoms. The van der Waals surface area contributed by atoms with Crippen LogP contribution in [-0.4, -0.2) is 18.0 Å². The van der Waals surface area contributed by atoms with Gasteiger partial charge < -0.3 is 10.1 Å². The van der Waals surface area contributed by atoms with E-state index in [-0.39, 0.29) is 5.91 Å². The number of carbonyl (C=O) groups is 1. The van der Waals surface area contributed by atoms with E-state index in [9.17, 15) is 4.79 Å². The Balaban J connectivity index is 1.38. The van der Waals surface area contributed by atoms with Crippen LogP contribution in [0.4, 0.5) is 5.69 Å². The van der Waals surface area contributed by atoms with Gasteiger partial charge in [-0.2, -0.15) is 0 Å². The highest BCUT2D eigenvalue weighted by Crippen LogP contribution is 2.38. The summed E-state index contributed by atoms with van der Waals surface area (Å²) >= 11 is 9.49. The van der Waals surface area contributed by atoms with Gasteiger partial charge in [0.15, 0.2) is 0 Å². The molecule has 4 nitrogen and oxygen atoms in total. The number of halogens is 1. The summed E-state index contributed by atoms with van der Waals surface area (Å²) in [5.41, 5.74) is 3.94. The second-order valence-electron chi connectivity index (χ2n) is 7.13. The van der Waals surface area contributed by atoms with Crippen molar-refractivity contribution in [2.24, 2.45) is 0 Å². The number of benzene rings is 3. The topological polar surface area (TPSA) is 51.2 Å². The van der Waals surface area contributed by atoms with Crippen LogP contribution in [0.2, 0.25) is 5.02 Å². The molecule has 0 saturated heterocycles. The lowest BCUT2D eigenvalue weighted by Gasteiger charge is -2.05. The van der Waals surface area contributed by atoms with Gasteiger partial charge in [0.1, 0.15) is 15.6 Å². The average Bonchev–Trinajstić information content (AvgIpc) is 3.34. The average molecular weight is 465 g/mol. The molecule has 5 rings (SSSR count). The normalized spacial score (nSPS) is 11.2. The van der Waals surface area contributed by atoms with E-state index in [0.717, 1.165) is 31.9 Å². The molecule has 0 saturated carbocycles. The summed E-state index contributed by atoms with van der Waals surface area (Å²) in [5.74, 6) is 0.506. The van der Waals surface area contributed by atoms with Crippen LogP contribution >= 0.6 is 34.3 Å². The predicted octanol–water partition coefficient (Wildman–Crippen LogP) is 7.40. The monoisotopic (exact) mass is 464 g/mol. The molecule has 154 valence electrons. The number of aromatic nitrogens is 1. The molecule has 0 unspecified atom stereocenters. The molecule has 0 fully saturated rings. The number of ether oxygens (including phenoxy) is 1. The molecule has 7 heteroatoms. The van der Waals surface area contributed by atoms with E-state index in [1.807, 2.05) is 48.5 Å². The van der Waals surface area contributed by atoms with Gasteiger partial charge >= 0.3 is 0 Å². The van der Waals surface area contributed by atoms with Crippen molar-refractivity contribution in [1.29, 1.82) is 0 Å². The predicted molar refractivity (Wildman–Crippen MR) is 131 cm³/mol. The fourth-order valence-electron chi connectivity index (χ4n) is 3.36. The van der Waals surface area contributed by atoms with E-state index in [2.05, 4.69) is 24.4 Å². The minimum absolute atomic E-state index is 0.228. The van der Waals surface area contributed by atoms with Crippen molar-refractivity contribution >= 4 is 66.2 Å². The van der Waals surface area contributed by atoms with Crippen LogP contribution in [0.15, 0.2) is 60.7 Å². The minimum Gasteiger partial charge on any atom is -0.497 e. The van der Waals surface area contributed by atoms with E-state index in [1.54, 1.807) is 18.4 Å². The number of nitrogens with zero attached hydrogens (tertiary/aromatic N) is 1. The van der Waals surface area contributed by atoms with Crippen molar-refractivity contribution in [3.05, 3.63) is 76.1 Å². The van der Waals surface area contributed by atoms with Gasteiger partial charge in [0.2, 0.25) is 0 Å². The largest absolute Gasteiger partial charge is 0.497 e. The van der Waals surface area contributed by atoms with Gasteiger partial charge in [0.05, 0.1) is 22.3 Å². The van der Waals surface area contributed by atoms with Crippen molar-refractivity contribution < 1.29 is 9.53 Å². The molecule has 5 aromatic rings. The van der Waals surface area contributed by atoms with Gasteiger partial charge in [-0.15, -0.1) is 22.7 Å². The van der Waals surface area contributed by atoms with Crippen LogP contribution in [0.1, 0.15) is 15.2 Å². The molecular weight excluding hydrogens is 448 g/mol. The molecule has 2 heterocycles. The molecule has 0 radical (unpaired) electrons. The molecule has 3 aromatic carbocycles. The Hall–Kier alpha value is -2.93. The Morgan fingerprint density at radius 3 is 2.58 bits per heavy atom. The van der Waals surface area contributed by atoms with Crippen molar-refractivity contribution in [3.63, 3.8) is 0 Å². The van der Waals surface area contributed by atoms with Gasteiger partial charge in [0, 0.05) is 21.3 Å². The summed E-state index contributed by atoms with van der Waals surface area (Å²) in [5, 5.41) is 5.20. The first-order valence-electron chi connectivity index (χ1n) is 9.57. The lowest BCUT2D eigenvalue weighted by atomic mass is 10.2. The van der Waals surface area contributed by atoms with Crippen LogP contribution in [0.3, 0.4) is 0 Å². The van der Waals surface area contributed by atoms with Gasteiger partial charge in [-0.3, -0.25) is 4.79 Å². The summed E-state index contributed by atoms with van der Waals surface area (Å²) < 4.78 is 7.34. The smallest absolute Gasteiger partial charge is 0.267 e. The summed E-state index contributed by atoms with van der Waals surface area (Å²) in [7, 11) is 1.61. The number of rotatable bonds is 4. The highest BCUT2D eigenvalue weighted by atomic mass is 35.5. The van der Waals surface area contributed by atoms with Gasteiger partial charge in [0.25, 0.3) is 5.91 Å². The first-order valence-corrected chi connectivity index (χ1v) is 11.6. The third-order valence-electron chi connectivity index (χ3n) is 4.98. The van der Waals surface area contributed by atoms with Gasteiger partial charge in [-0.25, -0.2) is 4.98 Å². The zero-order valence-electron chi connectivity index (χ0n) is 16.7. The quantitative estimate of drug-likeness (QED) is 0.301. The van der Waals surface area contributed by atoms with Crippen molar-refractivity contribution in [3.8, 4) is 16.3 Å². The van der Waals surface area contributed by atoms with E-state index >= 15 is 0 Å². The number of thiophene rings is 1. The molecule has 0 aliphatic carbocycles. The number of amides is 1. The number of anilines is 1. The van der Waals surface area contributed by atoms with Crippen molar-refractivity contribution in [2.75, 3.05) is 12.4 Å². The number of hydrogen-bond donors (Lipinski definition) is 1. The van der Waals surface area contributed by atoms with Crippen LogP contribution in [0.25, 0.3) is 30.9 Å². The zero-order valence-corrected chi connectivity index (χ0v) is 19.1. The van der Waals surface area contributed by atoms with Gasteiger partial charge in [-0.1, -0.05) is 17.7 Å². The number of thiazole rings is 1. The highest BCUT2D eigenvalue weighted by molar-refractivity contribution is 7.22. The Bertz CT molecular complexity index is 1440. The molecule has 1 N–H and O–H groups in total. The lowest BCUT2D eigenvalue weighted by molar-refractivity contribution is 0.103. The number of hydrogen-bond acceptors (Lipinski definition) is 5. The van der Waals surface area contributed by atoms with Crippen LogP contribution in [-0.2, 0) is 0 Å². The fourth-order valence-corrected chi connectivity index (χ4v) is 5.87. The Kier molecular flexibility index (Phi) is 5.14. The molecule has 31 heavy (non-hydrogen) atoms. The third-order valence-corrected chi connectivity index (χ3v) is 7.70. The number of nitrogens with one attached hydrogen (secondary N) is 1. The molecule has 0 aliphatic rings. The maximum absolute atomic E-state index is 12.8. The van der Waals surface area contributed by atoms with E-state index < -0.39 is 0 Å². The molecular formula is C24H17ClN2O2S2. The van der Waals surface area contributed by atoms with Crippen LogP contribution in [0, 0.1) is 6.92 Å². The molecule has 0 aliphatic heterocycles. The Morgan fingerprint density at radius 2 is 1.81 bits per heavy atom. The van der Waals surface area contributed by atoms with Gasteiger partial charge in [-0.05, 0) is 67.1 Å². The highest BCUT2D eigenvalue weighted by Gasteiger charge is 2.18. The first-order chi connectivity index (χ1) is 15.0. The molecule has 1 amide bonds. The van der Waals surface area contributed by atoms with Crippen molar-refractivity contribution in [1.82, 2.24) is 4.98 Å². The summed E-state index contributed by atoms with van der Waals surface area (Å²) in [6.45, 7) is 2.08. The third kappa shape index (κ3) is 3.78. The second kappa shape index (κ2) is 7.96. The van der Waals surface area contributed by atoms with E-state index in [0.29, 0.717) is 15.6 Å². The molecule has 0 spiro atoms. The summed E-state index contributed by atoms with van der Waals surface area (Å²) in [6, 6.07) is 19.6. The Labute approximate surface area is 192 Å². The summed E-state index contributed by atoms with van der Waals surface area (Å²) in [6.07, 6.45) is 0. The number of methoxy groups -OCH3 is 1. The number of carbonyl (C=O) groups excluding carboxylic acids is 1. The van der Waals surface area contributed by atoms with Crippen LogP contribution in [0.5, 0.6) is 5.75 Å². The summed E-state index contributed by atoms with van der Waals surface area (Å²) in [4.78, 5) is 18.0. The molecule has 0 atom stereocenters. The Morgan fingerprint density at radius 1 is 1.00 bits per heavy atom. The van der Waals surface area contributed by atoms with E-state index in [1.165, 1.54) is 21.6 Å². The minimum atomic E-state index is -0.228. The number of fused-ring (bicyclic) bond motifs is 2. The number of aryl methyl sites for hydroxylation is 1. The van der Waals surface area contributed by atoms with Crippen molar-refractivity contribution in [2.45, 2.75) is 6.92 Å². The first kappa shape index (κ1) is 20.0. The zero-order chi connectivity index (χ0) is 21.5.